The van der Waals surface area contributed by atoms with Crippen molar-refractivity contribution < 1.29 is 19.7 Å². The van der Waals surface area contributed by atoms with Crippen molar-refractivity contribution >= 4 is 5.91 Å². The smallest absolute Gasteiger partial charge is 0.249 e. The first-order chi connectivity index (χ1) is 17.2. The van der Waals surface area contributed by atoms with E-state index in [-0.39, 0.29) is 25.2 Å². The van der Waals surface area contributed by atoms with E-state index in [0.29, 0.717) is 19.4 Å². The van der Waals surface area contributed by atoms with Gasteiger partial charge in [0.05, 0.1) is 19.3 Å². The van der Waals surface area contributed by atoms with Crippen molar-refractivity contribution in [1.29, 1.82) is 0 Å². The summed E-state index contributed by atoms with van der Waals surface area (Å²) in [4.78, 5) is 12.4. The van der Waals surface area contributed by atoms with Gasteiger partial charge in [0.25, 0.3) is 0 Å². The van der Waals surface area contributed by atoms with Crippen molar-refractivity contribution in [2.75, 3.05) is 19.8 Å². The number of aliphatic hydroxyl groups excluding tert-OH is 2. The molecule has 0 aliphatic heterocycles. The highest BCUT2D eigenvalue weighted by Gasteiger charge is 2.19. The van der Waals surface area contributed by atoms with Crippen molar-refractivity contribution in [2.24, 2.45) is 0 Å². The van der Waals surface area contributed by atoms with Crippen molar-refractivity contribution in [3.05, 3.63) is 0 Å². The van der Waals surface area contributed by atoms with E-state index in [1.807, 2.05) is 0 Å². The lowest BCUT2D eigenvalue weighted by Crippen LogP contribution is -2.38. The van der Waals surface area contributed by atoms with Crippen molar-refractivity contribution in [1.82, 2.24) is 5.32 Å². The van der Waals surface area contributed by atoms with E-state index in [9.17, 15) is 9.90 Å². The van der Waals surface area contributed by atoms with Gasteiger partial charge >= 0.3 is 0 Å². The molecule has 0 heterocycles. The Balaban J connectivity index is 3.90. The average Bonchev–Trinajstić information content (AvgIpc) is 2.86. The molecule has 5 heteroatoms. The average molecular weight is 500 g/mol. The van der Waals surface area contributed by atoms with E-state index in [0.717, 1.165) is 25.7 Å². The van der Waals surface area contributed by atoms with Crippen LogP contribution in [0.4, 0.5) is 0 Å². The maximum atomic E-state index is 12.4. The molecule has 2 atom stereocenters. The van der Waals surface area contributed by atoms with Crippen LogP contribution in [0.15, 0.2) is 0 Å². The summed E-state index contributed by atoms with van der Waals surface area (Å²) in [6.07, 6.45) is 25.5. The summed E-state index contributed by atoms with van der Waals surface area (Å²) >= 11 is 0. The molecule has 0 aromatic rings. The van der Waals surface area contributed by atoms with E-state index in [4.69, 9.17) is 9.84 Å². The Labute approximate surface area is 218 Å². The van der Waals surface area contributed by atoms with Crippen LogP contribution in [-0.2, 0) is 9.53 Å². The molecular formula is C30H61NO4. The summed E-state index contributed by atoms with van der Waals surface area (Å²) in [5.74, 6) is -0.136. The highest BCUT2D eigenvalue weighted by molar-refractivity contribution is 5.80. The number of hydrogen-bond acceptors (Lipinski definition) is 4. The van der Waals surface area contributed by atoms with Crippen LogP contribution in [0.3, 0.4) is 0 Å². The molecule has 0 rings (SSSR count). The minimum atomic E-state index is -0.476. The number of carbonyl (C=O) groups excluding carboxylic acids is 1. The molecule has 0 saturated heterocycles. The van der Waals surface area contributed by atoms with Crippen LogP contribution >= 0.6 is 0 Å². The number of aliphatic hydroxyl groups is 2. The van der Waals surface area contributed by atoms with Crippen molar-refractivity contribution in [3.63, 3.8) is 0 Å². The number of amides is 1. The van der Waals surface area contributed by atoms with Gasteiger partial charge in [-0.1, -0.05) is 136 Å². The normalized spacial score (nSPS) is 13.1. The topological polar surface area (TPSA) is 78.8 Å². The van der Waals surface area contributed by atoms with Crippen LogP contribution in [0, 0.1) is 0 Å². The van der Waals surface area contributed by atoms with Crippen LogP contribution < -0.4 is 5.32 Å². The highest BCUT2D eigenvalue weighted by Crippen LogP contribution is 2.15. The van der Waals surface area contributed by atoms with Crippen LogP contribution in [-0.4, -0.2) is 48.1 Å². The van der Waals surface area contributed by atoms with Gasteiger partial charge in [0.15, 0.2) is 0 Å². The molecule has 0 aliphatic carbocycles. The third kappa shape index (κ3) is 24.8. The molecular weight excluding hydrogens is 438 g/mol. The number of carbonyl (C=O) groups is 1. The van der Waals surface area contributed by atoms with E-state index < -0.39 is 6.10 Å². The molecule has 210 valence electrons. The minimum Gasteiger partial charge on any atom is -0.395 e. The molecule has 0 spiro atoms. The van der Waals surface area contributed by atoms with E-state index in [2.05, 4.69) is 19.2 Å². The van der Waals surface area contributed by atoms with E-state index in [1.54, 1.807) is 0 Å². The molecule has 0 saturated carbocycles. The van der Waals surface area contributed by atoms with Gasteiger partial charge in [-0.3, -0.25) is 4.79 Å². The quantitative estimate of drug-likeness (QED) is 0.0976. The van der Waals surface area contributed by atoms with Gasteiger partial charge in [0.1, 0.15) is 6.10 Å². The van der Waals surface area contributed by atoms with Gasteiger partial charge in [0, 0.05) is 6.54 Å². The summed E-state index contributed by atoms with van der Waals surface area (Å²) in [6, 6.07) is 0. The zero-order valence-corrected chi connectivity index (χ0v) is 23.5. The van der Waals surface area contributed by atoms with Crippen molar-refractivity contribution in [2.45, 2.75) is 167 Å². The minimum absolute atomic E-state index is 0.0613. The summed E-state index contributed by atoms with van der Waals surface area (Å²) in [5.41, 5.74) is 0. The second-order valence-corrected chi connectivity index (χ2v) is 10.4. The fourth-order valence-electron chi connectivity index (χ4n) is 4.58. The molecule has 5 nitrogen and oxygen atoms in total. The third-order valence-electron chi connectivity index (χ3n) is 6.93. The number of rotatable bonds is 28. The molecule has 0 radical (unpaired) electrons. The molecule has 35 heavy (non-hydrogen) atoms. The molecule has 0 unspecified atom stereocenters. The molecule has 0 aromatic carbocycles. The van der Waals surface area contributed by atoms with Gasteiger partial charge in [-0.25, -0.2) is 0 Å². The molecule has 1 amide bonds. The number of hydrogen-bond donors (Lipinski definition) is 3. The number of unbranched alkanes of at least 4 members (excludes halogenated alkanes) is 17. The van der Waals surface area contributed by atoms with Gasteiger partial charge in [-0.2, -0.15) is 0 Å². The zero-order valence-electron chi connectivity index (χ0n) is 23.5. The Kier molecular flexibility index (Phi) is 27.4. The first-order valence-corrected chi connectivity index (χ1v) is 15.3. The second kappa shape index (κ2) is 27.9. The predicted octanol–water partition coefficient (Wildman–Crippen LogP) is 7.46. The van der Waals surface area contributed by atoms with Crippen LogP contribution in [0.1, 0.15) is 155 Å². The summed E-state index contributed by atoms with van der Waals surface area (Å²) < 4.78 is 5.89. The van der Waals surface area contributed by atoms with Gasteiger partial charge < -0.3 is 20.3 Å². The summed E-state index contributed by atoms with van der Waals surface area (Å²) in [6.45, 7) is 5.11. The highest BCUT2D eigenvalue weighted by atomic mass is 16.5. The first-order valence-electron chi connectivity index (χ1n) is 15.3. The van der Waals surface area contributed by atoms with Gasteiger partial charge in [-0.05, 0) is 19.3 Å². The van der Waals surface area contributed by atoms with E-state index >= 15 is 0 Å². The first kappa shape index (κ1) is 34.4. The number of nitrogens with one attached hydrogen (secondary N) is 1. The Morgan fingerprint density at radius 3 is 1.54 bits per heavy atom. The third-order valence-corrected chi connectivity index (χ3v) is 6.93. The maximum Gasteiger partial charge on any atom is 0.249 e. The largest absolute Gasteiger partial charge is 0.395 e. The number of ether oxygens (including phenoxy) is 1. The summed E-state index contributed by atoms with van der Waals surface area (Å²) in [7, 11) is 0. The second-order valence-electron chi connectivity index (χ2n) is 10.4. The Morgan fingerprint density at radius 2 is 1.09 bits per heavy atom. The lowest BCUT2D eigenvalue weighted by molar-refractivity contribution is -0.134. The molecule has 0 aromatic heterocycles. The molecule has 3 N–H and O–H groups in total. The Morgan fingerprint density at radius 1 is 0.657 bits per heavy atom. The molecule has 0 aliphatic rings. The lowest BCUT2D eigenvalue weighted by Gasteiger charge is -2.19. The van der Waals surface area contributed by atoms with Gasteiger partial charge in [0.2, 0.25) is 5.91 Å². The monoisotopic (exact) mass is 499 g/mol. The van der Waals surface area contributed by atoms with Crippen LogP contribution in [0.5, 0.6) is 0 Å². The fraction of sp³-hybridized carbons (Fsp3) is 0.967. The predicted molar refractivity (Wildman–Crippen MR) is 149 cm³/mol. The van der Waals surface area contributed by atoms with Crippen LogP contribution in [0.2, 0.25) is 0 Å². The van der Waals surface area contributed by atoms with Crippen molar-refractivity contribution in [3.8, 4) is 0 Å². The maximum absolute atomic E-state index is 12.4. The fourth-order valence-corrected chi connectivity index (χ4v) is 4.58. The Hall–Kier alpha value is -0.650. The molecule has 0 bridgehead atoms. The summed E-state index contributed by atoms with van der Waals surface area (Å²) in [5, 5.41) is 22.0. The SMILES string of the molecule is CCCCCCCCCCCC[C@@H](OCC[C@H](O)CCCCCCCCCCC)C(=O)NCCO. The standard InChI is InChI=1S/C30H61NO4/c1-3-5-7-9-11-13-15-17-19-21-23-29(30(34)31-25-26-32)35-27-24-28(33)22-20-18-16-14-12-10-8-6-4-2/h28-29,32-33H,3-27H2,1-2H3,(H,31,34)/t28-,29-/m1/s1. The van der Waals surface area contributed by atoms with Gasteiger partial charge in [-0.15, -0.1) is 0 Å². The van der Waals surface area contributed by atoms with Crippen LogP contribution in [0.25, 0.3) is 0 Å². The van der Waals surface area contributed by atoms with E-state index in [1.165, 1.54) is 103 Å². The lowest BCUT2D eigenvalue weighted by atomic mass is 10.0. The Bertz CT molecular complexity index is 433. The molecule has 0 fully saturated rings. The zero-order chi connectivity index (χ0) is 25.8.